The van der Waals surface area contributed by atoms with Crippen LogP contribution < -0.4 is 12.3 Å². The Morgan fingerprint density at radius 2 is 1.73 bits per heavy atom. The van der Waals surface area contributed by atoms with Crippen molar-refractivity contribution in [2.24, 2.45) is 0 Å². The van der Waals surface area contributed by atoms with Crippen LogP contribution in [0.3, 0.4) is 0 Å². The summed E-state index contributed by atoms with van der Waals surface area (Å²) < 4.78 is 0. The van der Waals surface area contributed by atoms with Crippen LogP contribution in [0.25, 0.3) is 0 Å². The molecule has 0 saturated heterocycles. The average molecular weight is 176 g/mol. The van der Waals surface area contributed by atoms with Crippen molar-refractivity contribution in [3.8, 4) is 0 Å². The number of aryl methyl sites for hydroxylation is 2. The fourth-order valence-electron chi connectivity index (χ4n) is 0.574. The van der Waals surface area contributed by atoms with Gasteiger partial charge in [-0.15, -0.1) is 0 Å². The molecule has 1 rings (SSSR count). The Hall–Kier alpha value is -0.650. The topological polar surface area (TPSA) is 95.8 Å². The van der Waals surface area contributed by atoms with Gasteiger partial charge < -0.3 is 12.3 Å². The molecule has 1 heterocycles. The monoisotopic (exact) mass is 176 g/mol. The molecule has 0 aliphatic carbocycles. The molecule has 5 heteroatoms. The van der Waals surface area contributed by atoms with Crippen LogP contribution >= 0.6 is 13.5 Å². The van der Waals surface area contributed by atoms with E-state index in [1.165, 1.54) is 0 Å². The molecule has 0 fully saturated rings. The number of hydrogen-bond acceptors (Lipinski definition) is 4. The predicted molar refractivity (Wildman–Crippen MR) is 51.9 cm³/mol. The third-order valence-corrected chi connectivity index (χ3v) is 0.915. The van der Waals surface area contributed by atoms with E-state index in [4.69, 9.17) is 0 Å². The van der Waals surface area contributed by atoms with Gasteiger partial charge in [0.15, 0.2) is 0 Å². The molecule has 4 nitrogen and oxygen atoms in total. The lowest BCUT2D eigenvalue weighted by atomic mass is 10.4. The third kappa shape index (κ3) is 5.78. The Bertz CT molecular complexity index is 174. The maximum absolute atomic E-state index is 4.06. The Morgan fingerprint density at radius 1 is 1.18 bits per heavy atom. The van der Waals surface area contributed by atoms with Gasteiger partial charge in [-0.2, -0.15) is 13.5 Å². The van der Waals surface area contributed by atoms with Crippen LogP contribution in [-0.2, 0) is 0 Å². The fraction of sp³-hybridized carbons (Fsp3) is 0.333. The summed E-state index contributed by atoms with van der Waals surface area (Å²) >= 11 is 0. The van der Waals surface area contributed by atoms with Crippen molar-refractivity contribution in [3.05, 3.63) is 23.8 Å². The maximum atomic E-state index is 4.06. The summed E-state index contributed by atoms with van der Waals surface area (Å²) in [5, 5.41) is 0. The minimum Gasteiger partial charge on any atom is -0.344 e. The number of aromatic nitrogens is 2. The predicted octanol–water partition coefficient (Wildman–Crippen LogP) is 1.53. The second-order valence-corrected chi connectivity index (χ2v) is 1.75. The molecule has 0 unspecified atom stereocenters. The second kappa shape index (κ2) is 7.46. The van der Waals surface area contributed by atoms with E-state index in [0.717, 1.165) is 11.5 Å². The summed E-state index contributed by atoms with van der Waals surface area (Å²) in [6, 6.07) is 1.88. The lowest BCUT2D eigenvalue weighted by Gasteiger charge is -1.89. The lowest BCUT2D eigenvalue weighted by Crippen LogP contribution is -1.86. The molecule has 6 N–H and O–H groups in total. The van der Waals surface area contributed by atoms with Crippen LogP contribution in [0.5, 0.6) is 0 Å². The van der Waals surface area contributed by atoms with Gasteiger partial charge in [0.05, 0.1) is 0 Å². The summed E-state index contributed by atoms with van der Waals surface area (Å²) in [6.07, 6.45) is 1.76. The van der Waals surface area contributed by atoms with E-state index in [1.54, 1.807) is 6.20 Å². The summed E-state index contributed by atoms with van der Waals surface area (Å²) in [6.45, 7) is 3.84. The zero-order valence-electron chi connectivity index (χ0n) is 6.96. The van der Waals surface area contributed by atoms with E-state index in [0.29, 0.717) is 0 Å². The molecular formula is C6H16N4S. The first kappa shape index (κ1) is 16.7. The van der Waals surface area contributed by atoms with Gasteiger partial charge in [-0.25, -0.2) is 9.97 Å². The molecule has 0 bridgehead atoms. The summed E-state index contributed by atoms with van der Waals surface area (Å²) in [4.78, 5) is 7.99. The fourth-order valence-corrected chi connectivity index (χ4v) is 0.574. The second-order valence-electron chi connectivity index (χ2n) is 1.75. The molecule has 11 heavy (non-hydrogen) atoms. The van der Waals surface area contributed by atoms with E-state index in [-0.39, 0.29) is 25.8 Å². The molecule has 1 aromatic rings. The van der Waals surface area contributed by atoms with Crippen molar-refractivity contribution in [1.29, 1.82) is 0 Å². The van der Waals surface area contributed by atoms with E-state index in [1.807, 2.05) is 19.9 Å². The minimum absolute atomic E-state index is 0. The molecule has 0 amide bonds. The van der Waals surface area contributed by atoms with Crippen LogP contribution in [0.1, 0.15) is 11.5 Å². The van der Waals surface area contributed by atoms with Gasteiger partial charge in [0.25, 0.3) is 0 Å². The van der Waals surface area contributed by atoms with E-state index in [9.17, 15) is 0 Å². The maximum Gasteiger partial charge on any atom is 0.125 e. The van der Waals surface area contributed by atoms with Crippen LogP contribution in [0.15, 0.2) is 12.3 Å². The minimum atomic E-state index is 0. The molecule has 0 aliphatic heterocycles. The molecule has 0 atom stereocenters. The van der Waals surface area contributed by atoms with E-state index >= 15 is 0 Å². The van der Waals surface area contributed by atoms with Crippen molar-refractivity contribution < 1.29 is 0 Å². The molecular weight excluding hydrogens is 160 g/mol. The van der Waals surface area contributed by atoms with Gasteiger partial charge in [-0.1, -0.05) is 0 Å². The molecule has 1 aromatic heterocycles. The largest absolute Gasteiger partial charge is 0.344 e. The summed E-state index contributed by atoms with van der Waals surface area (Å²) in [5.41, 5.74) is 1.03. The van der Waals surface area contributed by atoms with Crippen molar-refractivity contribution in [2.45, 2.75) is 13.8 Å². The SMILES string of the molecule is Cc1ccnc(C)n1.N.N.S. The number of rotatable bonds is 0. The standard InChI is InChI=1S/C6H8N2.2H3N.H2S/c1-5-3-4-7-6(2)8-5;;;/h3-4H,1-2H3;2*1H3;1H2. The Kier molecular flexibility index (Phi) is 11.4. The first-order chi connectivity index (χ1) is 3.79. The van der Waals surface area contributed by atoms with E-state index < -0.39 is 0 Å². The summed E-state index contributed by atoms with van der Waals surface area (Å²) in [5.74, 6) is 0.838. The normalized spacial score (nSPS) is 6.73. The van der Waals surface area contributed by atoms with Crippen LogP contribution in [0.4, 0.5) is 0 Å². The van der Waals surface area contributed by atoms with Crippen LogP contribution in [0, 0.1) is 13.8 Å². The average Bonchev–Trinajstić information content (AvgIpc) is 1.64. The molecule has 0 saturated carbocycles. The van der Waals surface area contributed by atoms with Gasteiger partial charge in [0.1, 0.15) is 5.82 Å². The zero-order chi connectivity index (χ0) is 5.98. The van der Waals surface area contributed by atoms with Crippen LogP contribution in [0.2, 0.25) is 0 Å². The van der Waals surface area contributed by atoms with Crippen molar-refractivity contribution >= 4 is 13.5 Å². The van der Waals surface area contributed by atoms with Gasteiger partial charge >= 0.3 is 0 Å². The molecule has 0 aromatic carbocycles. The van der Waals surface area contributed by atoms with Crippen LogP contribution in [-0.4, -0.2) is 9.97 Å². The highest BCUT2D eigenvalue weighted by molar-refractivity contribution is 7.59. The highest BCUT2D eigenvalue weighted by Gasteiger charge is 1.83. The van der Waals surface area contributed by atoms with Gasteiger partial charge in [0.2, 0.25) is 0 Å². The smallest absolute Gasteiger partial charge is 0.125 e. The molecule has 0 aliphatic rings. The molecule has 0 spiro atoms. The highest BCUT2D eigenvalue weighted by atomic mass is 32.1. The Balaban J connectivity index is -0.000000213. The van der Waals surface area contributed by atoms with Gasteiger partial charge in [-0.05, 0) is 19.9 Å². The highest BCUT2D eigenvalue weighted by Crippen LogP contribution is 1.88. The van der Waals surface area contributed by atoms with Gasteiger partial charge in [-0.3, -0.25) is 0 Å². The van der Waals surface area contributed by atoms with E-state index in [2.05, 4.69) is 9.97 Å². The van der Waals surface area contributed by atoms with Crippen molar-refractivity contribution in [1.82, 2.24) is 22.3 Å². The summed E-state index contributed by atoms with van der Waals surface area (Å²) in [7, 11) is 0. The Morgan fingerprint density at radius 3 is 2.00 bits per heavy atom. The quantitative estimate of drug-likeness (QED) is 0.626. The van der Waals surface area contributed by atoms with Crippen molar-refractivity contribution in [3.63, 3.8) is 0 Å². The third-order valence-electron chi connectivity index (χ3n) is 0.915. The first-order valence-corrected chi connectivity index (χ1v) is 2.55. The van der Waals surface area contributed by atoms with Gasteiger partial charge in [0, 0.05) is 11.9 Å². The van der Waals surface area contributed by atoms with Crippen molar-refractivity contribution in [2.75, 3.05) is 0 Å². The molecule has 66 valence electrons. The number of hydrogen-bond donors (Lipinski definition) is 2. The molecule has 0 radical (unpaired) electrons. The zero-order valence-corrected chi connectivity index (χ0v) is 7.96. The lowest BCUT2D eigenvalue weighted by molar-refractivity contribution is 1.01. The Labute approximate surface area is 74.1 Å². The number of nitrogens with zero attached hydrogens (tertiary/aromatic N) is 2. The first-order valence-electron chi connectivity index (χ1n) is 2.55.